The average molecular weight is 663 g/mol. The summed E-state index contributed by atoms with van der Waals surface area (Å²) in [5.41, 5.74) is 4.07. The molecular formula is C37H50N4O5S. The largest absolute Gasteiger partial charge is 0.495 e. The Bertz CT molecular complexity index is 1480. The van der Waals surface area contributed by atoms with Gasteiger partial charge in [0.25, 0.3) is 0 Å². The van der Waals surface area contributed by atoms with E-state index in [2.05, 4.69) is 54.5 Å². The first-order valence-corrected chi connectivity index (χ1v) is 18.0. The summed E-state index contributed by atoms with van der Waals surface area (Å²) in [6, 6.07) is 12.5. The molecule has 0 radical (unpaired) electrons. The predicted molar refractivity (Wildman–Crippen MR) is 186 cm³/mol. The normalized spacial score (nSPS) is 21.3. The van der Waals surface area contributed by atoms with Crippen LogP contribution < -0.4 is 15.0 Å². The van der Waals surface area contributed by atoms with E-state index in [1.54, 1.807) is 18.4 Å². The number of alkyl carbamates (subject to hydrolysis) is 1. The number of nitrogens with one attached hydrogen (secondary N) is 1. The van der Waals surface area contributed by atoms with Gasteiger partial charge in [-0.1, -0.05) is 26.0 Å². The summed E-state index contributed by atoms with van der Waals surface area (Å²) in [6.07, 6.45) is 8.67. The molecule has 2 aliphatic rings. The van der Waals surface area contributed by atoms with Crippen molar-refractivity contribution in [2.24, 2.45) is 11.8 Å². The van der Waals surface area contributed by atoms with Crippen LogP contribution >= 0.6 is 11.3 Å². The number of aliphatic hydroxyl groups is 1. The van der Waals surface area contributed by atoms with Crippen LogP contribution in [0.3, 0.4) is 0 Å². The van der Waals surface area contributed by atoms with E-state index < -0.39 is 6.09 Å². The van der Waals surface area contributed by atoms with Gasteiger partial charge in [-0.15, -0.1) is 11.3 Å². The number of benzene rings is 1. The summed E-state index contributed by atoms with van der Waals surface area (Å²) >= 11 is 1.71. The summed E-state index contributed by atoms with van der Waals surface area (Å²) in [4.78, 5) is 39.1. The smallest absolute Gasteiger partial charge is 0.407 e. The zero-order valence-electron chi connectivity index (χ0n) is 28.2. The fourth-order valence-corrected chi connectivity index (χ4v) is 7.77. The van der Waals surface area contributed by atoms with Crippen molar-refractivity contribution in [1.29, 1.82) is 0 Å². The minimum atomic E-state index is -0.453. The highest BCUT2D eigenvalue weighted by Gasteiger charge is 2.34. The van der Waals surface area contributed by atoms with Crippen LogP contribution in [0, 0.1) is 18.8 Å². The SMILES string of the molecule is COc1ccc([C@H]2CC[C@H](CN(c3cccc(-c4cnc(C(C)C)s4)c3)C(=O)[C@H]3CC[C@H](OC(=O)NCCCO)CC3)CC2)nc1C. The number of aromatic nitrogens is 2. The highest BCUT2D eigenvalue weighted by atomic mass is 32.1. The molecule has 0 saturated heterocycles. The van der Waals surface area contributed by atoms with Crippen LogP contribution in [0.15, 0.2) is 42.6 Å². The van der Waals surface area contributed by atoms with E-state index in [1.165, 1.54) is 0 Å². The molecule has 2 saturated carbocycles. The summed E-state index contributed by atoms with van der Waals surface area (Å²) < 4.78 is 11.0. The number of pyridine rings is 1. The molecule has 10 heteroatoms. The number of methoxy groups -OCH3 is 1. The molecule has 254 valence electrons. The van der Waals surface area contributed by atoms with E-state index in [4.69, 9.17) is 19.6 Å². The second-order valence-corrected chi connectivity index (χ2v) is 14.4. The van der Waals surface area contributed by atoms with Crippen molar-refractivity contribution in [2.75, 3.05) is 31.7 Å². The number of anilines is 1. The average Bonchev–Trinajstić information content (AvgIpc) is 3.59. The third-order valence-electron chi connectivity index (χ3n) is 9.61. The number of carbonyl (C=O) groups excluding carboxylic acids is 2. The number of thiazole rings is 1. The second kappa shape index (κ2) is 16.6. The van der Waals surface area contributed by atoms with Gasteiger partial charge in [-0.05, 0) is 100 Å². The number of nitrogens with zero attached hydrogens (tertiary/aromatic N) is 3. The molecule has 2 N–H and O–H groups in total. The number of aryl methyl sites for hydroxylation is 1. The zero-order chi connectivity index (χ0) is 33.3. The van der Waals surface area contributed by atoms with Crippen molar-refractivity contribution < 1.29 is 24.2 Å². The Kier molecular flexibility index (Phi) is 12.3. The van der Waals surface area contributed by atoms with Crippen molar-refractivity contribution in [3.05, 3.63) is 59.0 Å². The van der Waals surface area contributed by atoms with Crippen LogP contribution in [0.25, 0.3) is 10.4 Å². The molecule has 0 aliphatic heterocycles. The van der Waals surface area contributed by atoms with Gasteiger partial charge >= 0.3 is 6.09 Å². The molecular weight excluding hydrogens is 612 g/mol. The van der Waals surface area contributed by atoms with Crippen LogP contribution in [-0.4, -0.2) is 60.0 Å². The molecule has 2 aliphatic carbocycles. The third-order valence-corrected chi connectivity index (χ3v) is 11.0. The van der Waals surface area contributed by atoms with Crippen molar-refractivity contribution in [2.45, 2.75) is 96.5 Å². The zero-order valence-corrected chi connectivity index (χ0v) is 29.1. The van der Waals surface area contributed by atoms with Crippen molar-refractivity contribution >= 4 is 29.0 Å². The minimum Gasteiger partial charge on any atom is -0.495 e. The molecule has 0 spiro atoms. The molecule has 5 rings (SSSR count). The first kappa shape index (κ1) is 34.8. The molecule has 1 aromatic carbocycles. The predicted octanol–water partition coefficient (Wildman–Crippen LogP) is 7.62. The quantitative estimate of drug-likeness (QED) is 0.192. The van der Waals surface area contributed by atoms with Gasteiger partial charge in [0.2, 0.25) is 5.91 Å². The third kappa shape index (κ3) is 9.11. The van der Waals surface area contributed by atoms with Gasteiger partial charge in [-0.2, -0.15) is 0 Å². The van der Waals surface area contributed by atoms with Crippen LogP contribution in [0.5, 0.6) is 5.75 Å². The number of hydrogen-bond donors (Lipinski definition) is 2. The van der Waals surface area contributed by atoms with Gasteiger partial charge in [0.1, 0.15) is 11.9 Å². The molecule has 0 unspecified atom stereocenters. The van der Waals surface area contributed by atoms with E-state index in [9.17, 15) is 9.59 Å². The summed E-state index contributed by atoms with van der Waals surface area (Å²) in [7, 11) is 1.68. The van der Waals surface area contributed by atoms with Crippen LogP contribution in [-0.2, 0) is 9.53 Å². The topological polar surface area (TPSA) is 114 Å². The van der Waals surface area contributed by atoms with Gasteiger partial charge in [0.15, 0.2) is 0 Å². The van der Waals surface area contributed by atoms with E-state index in [0.717, 1.165) is 64.0 Å². The lowest BCUT2D eigenvalue weighted by molar-refractivity contribution is -0.124. The maximum absolute atomic E-state index is 14.4. The lowest BCUT2D eigenvalue weighted by Gasteiger charge is -2.36. The molecule has 2 heterocycles. The monoisotopic (exact) mass is 662 g/mol. The maximum Gasteiger partial charge on any atom is 0.407 e. The molecule has 0 bridgehead atoms. The molecule has 2 aromatic heterocycles. The fraction of sp³-hybridized carbons (Fsp3) is 0.568. The summed E-state index contributed by atoms with van der Waals surface area (Å²) in [6.45, 7) is 7.41. The van der Waals surface area contributed by atoms with E-state index >= 15 is 0 Å². The number of amides is 2. The summed E-state index contributed by atoms with van der Waals surface area (Å²) in [5, 5.41) is 12.8. The first-order valence-electron chi connectivity index (χ1n) is 17.2. The molecule has 47 heavy (non-hydrogen) atoms. The van der Waals surface area contributed by atoms with Gasteiger partial charge in [0, 0.05) is 55.0 Å². The maximum atomic E-state index is 14.4. The highest BCUT2D eigenvalue weighted by Crippen LogP contribution is 2.39. The van der Waals surface area contributed by atoms with Crippen LogP contribution in [0.4, 0.5) is 10.5 Å². The van der Waals surface area contributed by atoms with E-state index in [1.807, 2.05) is 24.1 Å². The van der Waals surface area contributed by atoms with Crippen molar-refractivity contribution in [3.8, 4) is 16.2 Å². The minimum absolute atomic E-state index is 0.0249. The Labute approximate surface area is 283 Å². The molecule has 3 aromatic rings. The standard InChI is InChI=1S/C37H50N4O5S/c1-24(2)35-39-22-34(47-35)29-7-5-8-30(21-29)41(36(43)28-13-15-31(16-14-28)46-37(44)38-19-6-20-42)23-26-9-11-27(12-10-26)32-17-18-33(45-4)25(3)40-32/h5,7-8,17-18,21-22,24,26-28,31,42H,6,9-16,19-20,23H2,1-4H3,(H,38,44)/t26-,27-,28-,31-. The highest BCUT2D eigenvalue weighted by molar-refractivity contribution is 7.15. The van der Waals surface area contributed by atoms with Gasteiger partial charge in [-0.3, -0.25) is 9.78 Å². The summed E-state index contributed by atoms with van der Waals surface area (Å²) in [5.74, 6) is 2.05. The Morgan fingerprint density at radius 2 is 1.83 bits per heavy atom. The van der Waals surface area contributed by atoms with Crippen molar-refractivity contribution in [1.82, 2.24) is 15.3 Å². The molecule has 9 nitrogen and oxygen atoms in total. The Balaban J connectivity index is 1.28. The lowest BCUT2D eigenvalue weighted by atomic mass is 9.79. The van der Waals surface area contributed by atoms with Gasteiger partial charge in [-0.25, -0.2) is 9.78 Å². The van der Waals surface area contributed by atoms with E-state index in [0.29, 0.717) is 62.9 Å². The van der Waals surface area contributed by atoms with Gasteiger partial charge in [0.05, 0.1) is 22.7 Å². The van der Waals surface area contributed by atoms with Gasteiger partial charge < -0.3 is 24.8 Å². The van der Waals surface area contributed by atoms with E-state index in [-0.39, 0.29) is 24.5 Å². The number of rotatable bonds is 12. The molecule has 2 fully saturated rings. The number of ether oxygens (including phenoxy) is 2. The van der Waals surface area contributed by atoms with Crippen molar-refractivity contribution in [3.63, 3.8) is 0 Å². The Morgan fingerprint density at radius 1 is 1.06 bits per heavy atom. The van der Waals surface area contributed by atoms with Crippen LogP contribution in [0.1, 0.15) is 99.9 Å². The lowest BCUT2D eigenvalue weighted by Crippen LogP contribution is -2.42. The first-order chi connectivity index (χ1) is 22.7. The fourth-order valence-electron chi connectivity index (χ4n) is 6.86. The second-order valence-electron chi connectivity index (χ2n) is 13.3. The number of aliphatic hydroxyl groups excluding tert-OH is 1. The Hall–Kier alpha value is -3.50. The molecule has 2 amide bonds. The molecule has 0 atom stereocenters. The van der Waals surface area contributed by atoms with Crippen LogP contribution in [0.2, 0.25) is 0 Å². The number of carbonyl (C=O) groups is 2. The Morgan fingerprint density at radius 3 is 2.49 bits per heavy atom. The number of hydrogen-bond acceptors (Lipinski definition) is 8.